The molecule has 1 fully saturated rings. The smallest absolute Gasteiger partial charge is 0.209 e. The van der Waals surface area contributed by atoms with Gasteiger partial charge in [-0.15, -0.1) is 0 Å². The van der Waals surface area contributed by atoms with Gasteiger partial charge in [0.25, 0.3) is 0 Å². The van der Waals surface area contributed by atoms with Crippen LogP contribution in [0.3, 0.4) is 0 Å². The molecule has 0 unspecified atom stereocenters. The summed E-state index contributed by atoms with van der Waals surface area (Å²) in [5, 5.41) is 5.42. The number of rotatable bonds is 6. The Morgan fingerprint density at radius 1 is 1.00 bits per heavy atom. The Kier molecular flexibility index (Phi) is 6.57. The summed E-state index contributed by atoms with van der Waals surface area (Å²) in [5.74, 6) is -1.80. The Morgan fingerprint density at radius 2 is 1.60 bits per heavy atom. The maximum atomic E-state index is 14.8. The van der Waals surface area contributed by atoms with E-state index in [1.54, 1.807) is 0 Å². The number of hydrogen-bond donors (Lipinski definition) is 1. The number of nitrogens with two attached hydrogens (primary N) is 1. The normalized spacial score (nSPS) is 22.7. The Labute approximate surface area is 180 Å². The first-order valence-corrected chi connectivity index (χ1v) is 13.0. The zero-order valence-electron chi connectivity index (χ0n) is 16.0. The predicted octanol–water partition coefficient (Wildman–Crippen LogP) is 4.16. The summed E-state index contributed by atoms with van der Waals surface area (Å²) in [6.45, 7) is 0. The molecule has 30 heavy (non-hydrogen) atoms. The fraction of sp³-hybridized carbons (Fsp3) is 0.400. The van der Waals surface area contributed by atoms with Crippen molar-refractivity contribution in [1.82, 2.24) is 0 Å². The van der Waals surface area contributed by atoms with Gasteiger partial charge >= 0.3 is 0 Å². The molecule has 2 aromatic carbocycles. The molecule has 1 aliphatic carbocycles. The number of sulfone groups is 1. The maximum absolute atomic E-state index is 14.8. The molecule has 0 aliphatic heterocycles. The average molecular weight is 478 g/mol. The van der Waals surface area contributed by atoms with E-state index >= 15 is 0 Å². The second-order valence-corrected chi connectivity index (χ2v) is 12.1. The van der Waals surface area contributed by atoms with Crippen LogP contribution >= 0.6 is 11.6 Å². The number of hydrogen-bond acceptors (Lipinski definition) is 4. The minimum Gasteiger partial charge on any atom is -0.229 e. The standard InChI is InChI=1S/C20H22ClF2NO4S2/c21-15-1-4-17(5-2-15)30(27,28)20(18-13-16(22)3-6-19(18)23)10-7-14(8-11-20)9-12-29(24,25)26/h1-6,13-14H,7-12H2,(H2,24,25,26). The van der Waals surface area contributed by atoms with Gasteiger partial charge in [0.2, 0.25) is 10.0 Å². The summed E-state index contributed by atoms with van der Waals surface area (Å²) in [7, 11) is -7.74. The van der Waals surface area contributed by atoms with Crippen LogP contribution in [-0.4, -0.2) is 22.6 Å². The molecule has 0 amide bonds. The van der Waals surface area contributed by atoms with Gasteiger partial charge in [0.1, 0.15) is 16.4 Å². The Bertz CT molecular complexity index is 1130. The van der Waals surface area contributed by atoms with E-state index in [4.69, 9.17) is 16.7 Å². The number of benzene rings is 2. The SMILES string of the molecule is NS(=O)(=O)CCC1CCC(c2cc(F)ccc2F)(S(=O)(=O)c2ccc(Cl)cc2)CC1. The third-order valence-corrected chi connectivity index (χ3v) is 9.39. The van der Waals surface area contributed by atoms with E-state index in [9.17, 15) is 25.6 Å². The number of halogens is 3. The molecule has 1 saturated carbocycles. The molecular weight excluding hydrogens is 456 g/mol. The van der Waals surface area contributed by atoms with Gasteiger partial charge in [-0.25, -0.2) is 30.8 Å². The van der Waals surface area contributed by atoms with Crippen LogP contribution in [0.2, 0.25) is 5.02 Å². The number of sulfonamides is 1. The molecule has 2 aromatic rings. The number of primary sulfonamides is 1. The quantitative estimate of drug-likeness (QED) is 0.676. The van der Waals surface area contributed by atoms with Crippen molar-refractivity contribution in [3.8, 4) is 0 Å². The van der Waals surface area contributed by atoms with E-state index in [-0.39, 0.29) is 35.0 Å². The predicted molar refractivity (Wildman–Crippen MR) is 111 cm³/mol. The molecule has 0 heterocycles. The van der Waals surface area contributed by atoms with Gasteiger partial charge in [-0.3, -0.25) is 0 Å². The van der Waals surface area contributed by atoms with Crippen LogP contribution in [0.15, 0.2) is 47.4 Å². The van der Waals surface area contributed by atoms with E-state index in [0.717, 1.165) is 18.2 Å². The maximum Gasteiger partial charge on any atom is 0.209 e. The first-order chi connectivity index (χ1) is 13.9. The summed E-state index contributed by atoms with van der Waals surface area (Å²) in [6, 6.07) is 8.38. The van der Waals surface area contributed by atoms with Crippen molar-refractivity contribution in [2.45, 2.75) is 41.7 Å². The highest BCUT2D eigenvalue weighted by atomic mass is 35.5. The van der Waals surface area contributed by atoms with Crippen molar-refractivity contribution in [3.63, 3.8) is 0 Å². The van der Waals surface area contributed by atoms with Crippen LogP contribution in [0.1, 0.15) is 37.7 Å². The van der Waals surface area contributed by atoms with Gasteiger partial charge in [0.15, 0.2) is 9.84 Å². The fourth-order valence-electron chi connectivity index (χ4n) is 4.13. The lowest BCUT2D eigenvalue weighted by Gasteiger charge is -2.40. The van der Waals surface area contributed by atoms with Crippen LogP contribution in [0.5, 0.6) is 0 Å². The van der Waals surface area contributed by atoms with Crippen molar-refractivity contribution < 1.29 is 25.6 Å². The van der Waals surface area contributed by atoms with Crippen molar-refractivity contribution in [2.75, 3.05) is 5.75 Å². The zero-order chi connectivity index (χ0) is 22.2. The highest BCUT2D eigenvalue weighted by Crippen LogP contribution is 2.49. The lowest BCUT2D eigenvalue weighted by atomic mass is 9.77. The van der Waals surface area contributed by atoms with Crippen LogP contribution in [0.25, 0.3) is 0 Å². The molecule has 10 heteroatoms. The van der Waals surface area contributed by atoms with E-state index in [0.29, 0.717) is 24.3 Å². The molecule has 3 rings (SSSR count). The minimum atomic E-state index is -4.11. The molecule has 0 radical (unpaired) electrons. The Balaban J connectivity index is 2.03. The third kappa shape index (κ3) is 4.69. The third-order valence-electron chi connectivity index (χ3n) is 5.78. The van der Waals surface area contributed by atoms with Gasteiger partial charge in [-0.05, 0) is 80.5 Å². The molecule has 0 spiro atoms. The molecule has 0 bridgehead atoms. The van der Waals surface area contributed by atoms with Gasteiger partial charge in [0.05, 0.1) is 10.6 Å². The van der Waals surface area contributed by atoms with E-state index in [1.807, 2.05) is 0 Å². The highest BCUT2D eigenvalue weighted by molar-refractivity contribution is 7.92. The van der Waals surface area contributed by atoms with Gasteiger partial charge in [0, 0.05) is 10.6 Å². The van der Waals surface area contributed by atoms with Crippen molar-refractivity contribution >= 4 is 31.5 Å². The highest BCUT2D eigenvalue weighted by Gasteiger charge is 2.50. The zero-order valence-corrected chi connectivity index (χ0v) is 18.4. The average Bonchev–Trinajstić information content (AvgIpc) is 2.68. The van der Waals surface area contributed by atoms with Crippen LogP contribution in [-0.2, 0) is 24.6 Å². The second-order valence-electron chi connectivity index (χ2n) is 7.67. The summed E-state index contributed by atoms with van der Waals surface area (Å²) in [4.78, 5) is -0.0291. The monoisotopic (exact) mass is 477 g/mol. The molecule has 2 N–H and O–H groups in total. The van der Waals surface area contributed by atoms with E-state index < -0.39 is 36.2 Å². The molecule has 164 valence electrons. The van der Waals surface area contributed by atoms with Gasteiger partial charge < -0.3 is 0 Å². The Hall–Kier alpha value is -1.55. The van der Waals surface area contributed by atoms with Crippen LogP contribution in [0, 0.1) is 17.6 Å². The molecular formula is C20H22ClF2NO4S2. The molecule has 0 saturated heterocycles. The second kappa shape index (κ2) is 8.53. The summed E-state index contributed by atoms with van der Waals surface area (Å²) < 4.78 is 76.9. The molecule has 5 nitrogen and oxygen atoms in total. The molecule has 1 aliphatic rings. The van der Waals surface area contributed by atoms with Gasteiger partial charge in [-0.2, -0.15) is 0 Å². The first kappa shape index (κ1) is 23.1. The summed E-state index contributed by atoms with van der Waals surface area (Å²) in [5.41, 5.74) is -0.206. The van der Waals surface area contributed by atoms with Gasteiger partial charge in [-0.1, -0.05) is 11.6 Å². The first-order valence-electron chi connectivity index (χ1n) is 9.41. The van der Waals surface area contributed by atoms with E-state index in [1.165, 1.54) is 24.3 Å². The van der Waals surface area contributed by atoms with Crippen LogP contribution in [0.4, 0.5) is 8.78 Å². The van der Waals surface area contributed by atoms with E-state index in [2.05, 4.69) is 0 Å². The summed E-state index contributed by atoms with van der Waals surface area (Å²) >= 11 is 5.87. The fourth-order valence-corrected chi connectivity index (χ4v) is 7.08. The summed E-state index contributed by atoms with van der Waals surface area (Å²) in [6.07, 6.45) is 1.05. The molecule has 0 aromatic heterocycles. The Morgan fingerprint density at radius 3 is 2.17 bits per heavy atom. The van der Waals surface area contributed by atoms with Crippen molar-refractivity contribution in [2.24, 2.45) is 11.1 Å². The minimum absolute atomic E-state index is 0.0291. The topological polar surface area (TPSA) is 94.3 Å². The lowest BCUT2D eigenvalue weighted by molar-refractivity contribution is 0.281. The van der Waals surface area contributed by atoms with Crippen molar-refractivity contribution in [3.05, 3.63) is 64.7 Å². The largest absolute Gasteiger partial charge is 0.229 e. The lowest BCUT2D eigenvalue weighted by Crippen LogP contribution is -2.41. The van der Waals surface area contributed by atoms with Crippen LogP contribution < -0.4 is 5.14 Å². The van der Waals surface area contributed by atoms with Crippen molar-refractivity contribution in [1.29, 1.82) is 0 Å². The molecule has 0 atom stereocenters.